The van der Waals surface area contributed by atoms with Crippen molar-refractivity contribution in [3.05, 3.63) is 25.3 Å². The van der Waals surface area contributed by atoms with Gasteiger partial charge < -0.3 is 14.7 Å². The van der Waals surface area contributed by atoms with E-state index in [9.17, 15) is 9.59 Å². The quantitative estimate of drug-likeness (QED) is 0.697. The maximum atomic E-state index is 12.0. The molecule has 0 bridgehead atoms. The number of carboxylic acids is 1. The molecule has 0 spiro atoms. The summed E-state index contributed by atoms with van der Waals surface area (Å²) in [4.78, 5) is 24.3. The molecule has 1 rings (SSSR count). The predicted molar refractivity (Wildman–Crippen MR) is 62.5 cm³/mol. The first-order valence-electron chi connectivity index (χ1n) is 5.49. The predicted octanol–water partition coefficient (Wildman–Crippen LogP) is 0.819. The SMILES string of the molecule is C=CCN(CC=C)C(=O)[C@@H]1CC[C@H](C(=O)O)O1. The molecule has 1 heterocycles. The second-order valence-corrected chi connectivity index (χ2v) is 3.85. The van der Waals surface area contributed by atoms with Crippen LogP contribution in [0.4, 0.5) is 0 Å². The fraction of sp³-hybridized carbons (Fsp3) is 0.500. The van der Waals surface area contributed by atoms with Crippen molar-refractivity contribution in [2.24, 2.45) is 0 Å². The lowest BCUT2D eigenvalue weighted by atomic mass is 10.2. The van der Waals surface area contributed by atoms with Gasteiger partial charge in [-0.3, -0.25) is 4.79 Å². The van der Waals surface area contributed by atoms with Gasteiger partial charge in [0.2, 0.25) is 0 Å². The molecule has 0 saturated carbocycles. The highest BCUT2D eigenvalue weighted by Crippen LogP contribution is 2.21. The summed E-state index contributed by atoms with van der Waals surface area (Å²) in [6, 6.07) is 0. The molecular weight excluding hydrogens is 222 g/mol. The molecule has 5 heteroatoms. The molecule has 1 aliphatic rings. The summed E-state index contributed by atoms with van der Waals surface area (Å²) in [6.45, 7) is 7.95. The molecule has 0 aromatic carbocycles. The maximum absolute atomic E-state index is 12.0. The molecular formula is C12H17NO4. The van der Waals surface area contributed by atoms with Crippen LogP contribution in [0.3, 0.4) is 0 Å². The summed E-state index contributed by atoms with van der Waals surface area (Å²) < 4.78 is 5.20. The standard InChI is InChI=1S/C12H17NO4/c1-3-7-13(8-4-2)11(14)9-5-6-10(17-9)12(15)16/h3-4,9-10H,1-2,5-8H2,(H,15,16)/t9-,10+/m0/s1. The van der Waals surface area contributed by atoms with Crippen LogP contribution in [0.15, 0.2) is 25.3 Å². The number of carbonyl (C=O) groups is 2. The topological polar surface area (TPSA) is 66.8 Å². The van der Waals surface area contributed by atoms with Crippen LogP contribution >= 0.6 is 0 Å². The zero-order valence-electron chi connectivity index (χ0n) is 9.67. The number of amides is 1. The first-order valence-corrected chi connectivity index (χ1v) is 5.49. The molecule has 5 nitrogen and oxygen atoms in total. The Morgan fingerprint density at radius 3 is 2.18 bits per heavy atom. The number of nitrogens with zero attached hydrogens (tertiary/aromatic N) is 1. The molecule has 0 radical (unpaired) electrons. The Kier molecular flexibility index (Phi) is 4.90. The molecule has 2 atom stereocenters. The van der Waals surface area contributed by atoms with Gasteiger partial charge in [0.25, 0.3) is 5.91 Å². The Morgan fingerprint density at radius 2 is 1.76 bits per heavy atom. The van der Waals surface area contributed by atoms with Crippen molar-refractivity contribution in [3.63, 3.8) is 0 Å². The van der Waals surface area contributed by atoms with Crippen molar-refractivity contribution in [2.45, 2.75) is 25.0 Å². The first-order chi connectivity index (χ1) is 8.10. The summed E-state index contributed by atoms with van der Waals surface area (Å²) in [5.41, 5.74) is 0. The van der Waals surface area contributed by atoms with Gasteiger partial charge in [-0.1, -0.05) is 12.2 Å². The van der Waals surface area contributed by atoms with Gasteiger partial charge in [0.05, 0.1) is 0 Å². The molecule has 0 aromatic rings. The van der Waals surface area contributed by atoms with E-state index in [4.69, 9.17) is 9.84 Å². The summed E-state index contributed by atoms with van der Waals surface area (Å²) in [5.74, 6) is -1.21. The zero-order chi connectivity index (χ0) is 12.8. The van der Waals surface area contributed by atoms with Gasteiger partial charge in [-0.2, -0.15) is 0 Å². The van der Waals surface area contributed by atoms with Gasteiger partial charge in [-0.15, -0.1) is 13.2 Å². The van der Waals surface area contributed by atoms with Crippen LogP contribution in [-0.2, 0) is 14.3 Å². The molecule has 0 aliphatic carbocycles. The Labute approximate surface area is 100 Å². The fourth-order valence-corrected chi connectivity index (χ4v) is 1.77. The number of hydrogen-bond donors (Lipinski definition) is 1. The minimum Gasteiger partial charge on any atom is -0.479 e. The summed E-state index contributed by atoms with van der Waals surface area (Å²) >= 11 is 0. The van der Waals surface area contributed by atoms with Gasteiger partial charge in [0.15, 0.2) is 6.10 Å². The molecule has 94 valence electrons. The van der Waals surface area contributed by atoms with Crippen molar-refractivity contribution in [3.8, 4) is 0 Å². The van der Waals surface area contributed by atoms with Gasteiger partial charge in [-0.25, -0.2) is 4.79 Å². The van der Waals surface area contributed by atoms with E-state index < -0.39 is 18.2 Å². The van der Waals surface area contributed by atoms with Gasteiger partial charge >= 0.3 is 5.97 Å². The van der Waals surface area contributed by atoms with E-state index in [1.165, 1.54) is 4.90 Å². The van der Waals surface area contributed by atoms with E-state index in [0.29, 0.717) is 25.9 Å². The average Bonchev–Trinajstić information content (AvgIpc) is 2.77. The van der Waals surface area contributed by atoms with E-state index in [-0.39, 0.29) is 5.91 Å². The first kappa shape index (κ1) is 13.4. The summed E-state index contributed by atoms with van der Waals surface area (Å²) in [6.07, 6.45) is 2.53. The maximum Gasteiger partial charge on any atom is 0.332 e. The lowest BCUT2D eigenvalue weighted by Crippen LogP contribution is -2.39. The van der Waals surface area contributed by atoms with Crippen LogP contribution in [0.1, 0.15) is 12.8 Å². The Morgan fingerprint density at radius 1 is 1.24 bits per heavy atom. The molecule has 0 unspecified atom stereocenters. The highest BCUT2D eigenvalue weighted by atomic mass is 16.5. The van der Waals surface area contributed by atoms with Crippen LogP contribution in [0.2, 0.25) is 0 Å². The molecule has 17 heavy (non-hydrogen) atoms. The Hall–Kier alpha value is -1.62. The minimum absolute atomic E-state index is 0.200. The number of carboxylic acid groups (broad SMARTS) is 1. The third kappa shape index (κ3) is 3.42. The van der Waals surface area contributed by atoms with Crippen LogP contribution in [-0.4, -0.2) is 47.2 Å². The number of carbonyl (C=O) groups excluding carboxylic acids is 1. The van der Waals surface area contributed by atoms with Gasteiger partial charge in [0.1, 0.15) is 6.10 Å². The van der Waals surface area contributed by atoms with E-state index in [1.54, 1.807) is 12.2 Å². The fourth-order valence-electron chi connectivity index (χ4n) is 1.77. The Bertz CT molecular complexity index is 316. The highest BCUT2D eigenvalue weighted by Gasteiger charge is 2.36. The average molecular weight is 239 g/mol. The lowest BCUT2D eigenvalue weighted by molar-refractivity contribution is -0.154. The third-order valence-corrected chi connectivity index (χ3v) is 2.58. The number of aliphatic carboxylic acids is 1. The van der Waals surface area contributed by atoms with Crippen molar-refractivity contribution in [1.82, 2.24) is 4.90 Å². The number of ether oxygens (including phenoxy) is 1. The second-order valence-electron chi connectivity index (χ2n) is 3.85. The van der Waals surface area contributed by atoms with E-state index >= 15 is 0 Å². The zero-order valence-corrected chi connectivity index (χ0v) is 9.67. The van der Waals surface area contributed by atoms with Crippen molar-refractivity contribution >= 4 is 11.9 Å². The van der Waals surface area contributed by atoms with E-state index in [2.05, 4.69) is 13.2 Å². The summed E-state index contributed by atoms with van der Waals surface area (Å²) in [5, 5.41) is 8.78. The molecule has 1 aliphatic heterocycles. The van der Waals surface area contributed by atoms with Crippen LogP contribution in [0, 0.1) is 0 Å². The number of hydrogen-bond acceptors (Lipinski definition) is 3. The molecule has 1 fully saturated rings. The molecule has 1 amide bonds. The monoisotopic (exact) mass is 239 g/mol. The molecule has 1 N–H and O–H groups in total. The van der Waals surface area contributed by atoms with Gasteiger partial charge in [-0.05, 0) is 12.8 Å². The summed E-state index contributed by atoms with van der Waals surface area (Å²) in [7, 11) is 0. The van der Waals surface area contributed by atoms with Crippen LogP contribution < -0.4 is 0 Å². The van der Waals surface area contributed by atoms with Crippen LogP contribution in [0.5, 0.6) is 0 Å². The van der Waals surface area contributed by atoms with Gasteiger partial charge in [0, 0.05) is 13.1 Å². The van der Waals surface area contributed by atoms with Crippen molar-refractivity contribution in [1.29, 1.82) is 0 Å². The van der Waals surface area contributed by atoms with Crippen molar-refractivity contribution in [2.75, 3.05) is 13.1 Å². The minimum atomic E-state index is -1.01. The largest absolute Gasteiger partial charge is 0.479 e. The third-order valence-electron chi connectivity index (χ3n) is 2.58. The lowest BCUT2D eigenvalue weighted by Gasteiger charge is -2.22. The van der Waals surface area contributed by atoms with E-state index in [1.807, 2.05) is 0 Å². The molecule has 1 saturated heterocycles. The second kappa shape index (κ2) is 6.20. The smallest absolute Gasteiger partial charge is 0.332 e. The van der Waals surface area contributed by atoms with Crippen molar-refractivity contribution < 1.29 is 19.4 Å². The number of rotatable bonds is 6. The molecule has 0 aromatic heterocycles. The normalized spacial score (nSPS) is 23.1. The van der Waals surface area contributed by atoms with Crippen LogP contribution in [0.25, 0.3) is 0 Å². The Balaban J connectivity index is 2.59. The highest BCUT2D eigenvalue weighted by molar-refractivity contribution is 5.83. The van der Waals surface area contributed by atoms with E-state index in [0.717, 1.165) is 0 Å².